The standard InChI is InChI=1S/C11H16O3/c1-8(6-12)9-2-4-10(5-3-9)11(14)7-13/h2-5,8,11-14H,6-7H2,1H3. The number of hydrogen-bond acceptors (Lipinski definition) is 3. The van der Waals surface area contributed by atoms with Crippen molar-refractivity contribution in [2.24, 2.45) is 0 Å². The Morgan fingerprint density at radius 2 is 1.50 bits per heavy atom. The summed E-state index contributed by atoms with van der Waals surface area (Å²) in [6.07, 6.45) is -0.812. The first-order valence-electron chi connectivity index (χ1n) is 4.68. The van der Waals surface area contributed by atoms with Crippen molar-refractivity contribution in [1.29, 1.82) is 0 Å². The van der Waals surface area contributed by atoms with Crippen LogP contribution in [0.3, 0.4) is 0 Å². The van der Waals surface area contributed by atoms with Crippen molar-refractivity contribution in [3.8, 4) is 0 Å². The first-order chi connectivity index (χ1) is 6.69. The third kappa shape index (κ3) is 2.54. The van der Waals surface area contributed by atoms with Gasteiger partial charge in [0.2, 0.25) is 0 Å². The minimum absolute atomic E-state index is 0.107. The predicted octanol–water partition coefficient (Wildman–Crippen LogP) is 0.808. The summed E-state index contributed by atoms with van der Waals surface area (Å²) in [7, 11) is 0. The molecular formula is C11H16O3. The van der Waals surface area contributed by atoms with E-state index in [-0.39, 0.29) is 19.1 Å². The average Bonchev–Trinajstić information content (AvgIpc) is 2.27. The fraction of sp³-hybridized carbons (Fsp3) is 0.455. The summed E-state index contributed by atoms with van der Waals surface area (Å²) in [6, 6.07) is 7.24. The van der Waals surface area contributed by atoms with Crippen molar-refractivity contribution in [2.45, 2.75) is 18.9 Å². The van der Waals surface area contributed by atoms with Gasteiger partial charge in [0.25, 0.3) is 0 Å². The summed E-state index contributed by atoms with van der Waals surface area (Å²) in [5.41, 5.74) is 1.72. The monoisotopic (exact) mass is 196 g/mol. The molecule has 0 heterocycles. The Labute approximate surface area is 83.6 Å². The molecule has 0 saturated carbocycles. The van der Waals surface area contributed by atoms with Crippen LogP contribution in [-0.4, -0.2) is 28.5 Å². The molecule has 0 saturated heterocycles. The van der Waals surface area contributed by atoms with E-state index in [0.717, 1.165) is 5.56 Å². The minimum Gasteiger partial charge on any atom is -0.396 e. The van der Waals surface area contributed by atoms with Gasteiger partial charge in [0, 0.05) is 12.5 Å². The normalized spacial score (nSPS) is 15.1. The topological polar surface area (TPSA) is 60.7 Å². The van der Waals surface area contributed by atoms with Gasteiger partial charge in [-0.25, -0.2) is 0 Å². The van der Waals surface area contributed by atoms with E-state index in [4.69, 9.17) is 10.2 Å². The lowest BCUT2D eigenvalue weighted by molar-refractivity contribution is 0.0956. The highest BCUT2D eigenvalue weighted by Crippen LogP contribution is 2.18. The van der Waals surface area contributed by atoms with Crippen molar-refractivity contribution >= 4 is 0 Å². The zero-order valence-electron chi connectivity index (χ0n) is 8.22. The number of aliphatic hydroxyl groups excluding tert-OH is 3. The zero-order valence-corrected chi connectivity index (χ0v) is 8.22. The van der Waals surface area contributed by atoms with Crippen LogP contribution >= 0.6 is 0 Å². The predicted molar refractivity (Wildman–Crippen MR) is 54.0 cm³/mol. The van der Waals surface area contributed by atoms with E-state index in [1.54, 1.807) is 12.1 Å². The van der Waals surface area contributed by atoms with Crippen LogP contribution in [0.15, 0.2) is 24.3 Å². The fourth-order valence-electron chi connectivity index (χ4n) is 1.26. The van der Waals surface area contributed by atoms with Crippen molar-refractivity contribution in [1.82, 2.24) is 0 Å². The van der Waals surface area contributed by atoms with Crippen LogP contribution < -0.4 is 0 Å². The first-order valence-corrected chi connectivity index (χ1v) is 4.68. The molecule has 0 fully saturated rings. The summed E-state index contributed by atoms with van der Waals surface area (Å²) in [4.78, 5) is 0. The third-order valence-corrected chi connectivity index (χ3v) is 2.34. The van der Waals surface area contributed by atoms with Gasteiger partial charge in [-0.2, -0.15) is 0 Å². The van der Waals surface area contributed by atoms with E-state index >= 15 is 0 Å². The van der Waals surface area contributed by atoms with Crippen LogP contribution in [-0.2, 0) is 0 Å². The Balaban J connectivity index is 2.78. The van der Waals surface area contributed by atoms with Gasteiger partial charge in [-0.3, -0.25) is 0 Å². The lowest BCUT2D eigenvalue weighted by atomic mass is 9.99. The molecule has 2 atom stereocenters. The smallest absolute Gasteiger partial charge is 0.102 e. The van der Waals surface area contributed by atoms with Crippen LogP contribution in [0.4, 0.5) is 0 Å². The van der Waals surface area contributed by atoms with Crippen LogP contribution in [0.5, 0.6) is 0 Å². The molecule has 1 aromatic carbocycles. The SMILES string of the molecule is CC(CO)c1ccc(C(O)CO)cc1. The Morgan fingerprint density at radius 1 is 1.00 bits per heavy atom. The molecule has 0 aliphatic rings. The summed E-state index contributed by atoms with van der Waals surface area (Å²) < 4.78 is 0. The molecule has 1 rings (SSSR count). The minimum atomic E-state index is -0.812. The summed E-state index contributed by atoms with van der Waals surface area (Å²) in [5.74, 6) is 0.107. The van der Waals surface area contributed by atoms with Gasteiger partial charge in [-0.05, 0) is 11.1 Å². The van der Waals surface area contributed by atoms with E-state index in [9.17, 15) is 5.11 Å². The summed E-state index contributed by atoms with van der Waals surface area (Å²) in [5, 5.41) is 27.0. The van der Waals surface area contributed by atoms with Crippen molar-refractivity contribution in [3.63, 3.8) is 0 Å². The van der Waals surface area contributed by atoms with Gasteiger partial charge in [0.15, 0.2) is 0 Å². The van der Waals surface area contributed by atoms with Gasteiger partial charge >= 0.3 is 0 Å². The summed E-state index contributed by atoms with van der Waals surface area (Å²) in [6.45, 7) is 1.77. The number of hydrogen-bond donors (Lipinski definition) is 3. The first kappa shape index (κ1) is 11.2. The molecule has 0 radical (unpaired) electrons. The Morgan fingerprint density at radius 3 is 1.93 bits per heavy atom. The van der Waals surface area contributed by atoms with Gasteiger partial charge in [0.1, 0.15) is 6.10 Å². The number of rotatable bonds is 4. The quantitative estimate of drug-likeness (QED) is 0.667. The van der Waals surface area contributed by atoms with Crippen molar-refractivity contribution in [2.75, 3.05) is 13.2 Å². The Hall–Kier alpha value is -0.900. The zero-order chi connectivity index (χ0) is 10.6. The third-order valence-electron chi connectivity index (χ3n) is 2.34. The summed E-state index contributed by atoms with van der Waals surface area (Å²) >= 11 is 0. The molecule has 3 nitrogen and oxygen atoms in total. The van der Waals surface area contributed by atoms with Crippen molar-refractivity contribution < 1.29 is 15.3 Å². The molecule has 1 aromatic rings. The molecular weight excluding hydrogens is 180 g/mol. The van der Waals surface area contributed by atoms with Crippen LogP contribution in [0, 0.1) is 0 Å². The molecule has 0 aromatic heterocycles. The van der Waals surface area contributed by atoms with E-state index in [1.807, 2.05) is 19.1 Å². The highest BCUT2D eigenvalue weighted by atomic mass is 16.3. The number of benzene rings is 1. The maximum Gasteiger partial charge on any atom is 0.102 e. The fourth-order valence-corrected chi connectivity index (χ4v) is 1.26. The molecule has 0 bridgehead atoms. The van der Waals surface area contributed by atoms with Gasteiger partial charge in [0.05, 0.1) is 6.61 Å². The van der Waals surface area contributed by atoms with E-state index < -0.39 is 6.10 Å². The Bertz CT molecular complexity index is 239. The molecule has 78 valence electrons. The second kappa shape index (κ2) is 5.10. The molecule has 0 aliphatic carbocycles. The van der Waals surface area contributed by atoms with E-state index in [0.29, 0.717) is 5.56 Å². The maximum absolute atomic E-state index is 9.32. The molecule has 0 amide bonds. The largest absolute Gasteiger partial charge is 0.396 e. The maximum atomic E-state index is 9.32. The van der Waals surface area contributed by atoms with Crippen molar-refractivity contribution in [3.05, 3.63) is 35.4 Å². The highest BCUT2D eigenvalue weighted by molar-refractivity contribution is 5.26. The van der Waals surface area contributed by atoms with Gasteiger partial charge < -0.3 is 15.3 Å². The molecule has 0 aliphatic heterocycles. The van der Waals surface area contributed by atoms with Crippen LogP contribution in [0.2, 0.25) is 0 Å². The van der Waals surface area contributed by atoms with E-state index in [1.165, 1.54) is 0 Å². The lowest BCUT2D eigenvalue weighted by Crippen LogP contribution is -2.03. The molecule has 2 unspecified atom stereocenters. The van der Waals surface area contributed by atoms with Crippen LogP contribution in [0.25, 0.3) is 0 Å². The second-order valence-corrected chi connectivity index (χ2v) is 3.45. The Kier molecular flexibility index (Phi) is 4.07. The van der Waals surface area contributed by atoms with E-state index in [2.05, 4.69) is 0 Å². The van der Waals surface area contributed by atoms with Gasteiger partial charge in [-0.15, -0.1) is 0 Å². The highest BCUT2D eigenvalue weighted by Gasteiger charge is 2.07. The average molecular weight is 196 g/mol. The second-order valence-electron chi connectivity index (χ2n) is 3.45. The molecule has 3 N–H and O–H groups in total. The van der Waals surface area contributed by atoms with Gasteiger partial charge in [-0.1, -0.05) is 31.2 Å². The molecule has 0 spiro atoms. The number of aliphatic hydroxyl groups is 3. The van der Waals surface area contributed by atoms with Crippen LogP contribution in [0.1, 0.15) is 30.1 Å². The lowest BCUT2D eigenvalue weighted by Gasteiger charge is -2.11. The molecule has 3 heteroatoms. The molecule has 14 heavy (non-hydrogen) atoms.